The number of aliphatic hydroxyl groups excluding tert-OH is 1. The van der Waals surface area contributed by atoms with E-state index in [1.807, 2.05) is 6.08 Å². The third kappa shape index (κ3) is 5.91. The Labute approximate surface area is 137 Å². The molecule has 0 saturated heterocycles. The lowest BCUT2D eigenvalue weighted by Gasteiger charge is -2.33. The summed E-state index contributed by atoms with van der Waals surface area (Å²) in [6.45, 7) is 7.00. The Hall–Kier alpha value is -0.560. The van der Waals surface area contributed by atoms with E-state index >= 15 is 0 Å². The van der Waals surface area contributed by atoms with E-state index < -0.39 is 0 Å². The van der Waals surface area contributed by atoms with Crippen LogP contribution >= 0.6 is 0 Å². The first kappa shape index (κ1) is 17.8. The smallest absolute Gasteiger partial charge is 0.0721 e. The molecule has 0 aromatic rings. The first-order valence-electron chi connectivity index (χ1n) is 9.59. The lowest BCUT2D eigenvalue weighted by Crippen LogP contribution is -2.23. The van der Waals surface area contributed by atoms with Gasteiger partial charge in [-0.05, 0) is 74.5 Å². The maximum Gasteiger partial charge on any atom is 0.0721 e. The van der Waals surface area contributed by atoms with Crippen LogP contribution in [0.2, 0.25) is 0 Å². The van der Waals surface area contributed by atoms with Gasteiger partial charge in [0.1, 0.15) is 0 Å². The van der Waals surface area contributed by atoms with Gasteiger partial charge < -0.3 is 5.11 Å². The van der Waals surface area contributed by atoms with Crippen molar-refractivity contribution in [2.24, 2.45) is 29.6 Å². The van der Waals surface area contributed by atoms with Gasteiger partial charge in [-0.25, -0.2) is 0 Å². The average Bonchev–Trinajstić information content (AvgIpc) is 2.52. The summed E-state index contributed by atoms with van der Waals surface area (Å²) < 4.78 is 0. The second-order valence-corrected chi connectivity index (χ2v) is 8.20. The highest BCUT2D eigenvalue weighted by Crippen LogP contribution is 2.38. The molecule has 0 bridgehead atoms. The Morgan fingerprint density at radius 1 is 0.955 bits per heavy atom. The van der Waals surface area contributed by atoms with Gasteiger partial charge in [-0.1, -0.05) is 51.5 Å². The van der Waals surface area contributed by atoms with Gasteiger partial charge in [0.05, 0.1) is 6.10 Å². The number of rotatable bonds is 6. The third-order valence-electron chi connectivity index (χ3n) is 5.71. The molecule has 0 aromatic carbocycles. The quantitative estimate of drug-likeness (QED) is 0.620. The molecule has 126 valence electrons. The Kier molecular flexibility index (Phi) is 7.21. The molecular weight excluding hydrogens is 268 g/mol. The van der Waals surface area contributed by atoms with Gasteiger partial charge in [0, 0.05) is 0 Å². The van der Waals surface area contributed by atoms with E-state index in [1.54, 1.807) is 0 Å². The van der Waals surface area contributed by atoms with Crippen molar-refractivity contribution in [1.82, 2.24) is 0 Å². The second-order valence-electron chi connectivity index (χ2n) is 8.20. The highest BCUT2D eigenvalue weighted by atomic mass is 16.3. The summed E-state index contributed by atoms with van der Waals surface area (Å²) in [6, 6.07) is 0. The average molecular weight is 305 g/mol. The van der Waals surface area contributed by atoms with Crippen molar-refractivity contribution < 1.29 is 5.11 Å². The molecule has 0 aromatic heterocycles. The molecule has 1 nitrogen and oxygen atoms in total. The lowest BCUT2D eigenvalue weighted by molar-refractivity contribution is 0.169. The van der Waals surface area contributed by atoms with Crippen LogP contribution in [0.25, 0.3) is 0 Å². The summed E-state index contributed by atoms with van der Waals surface area (Å²) in [5, 5.41) is 9.57. The topological polar surface area (TPSA) is 20.2 Å². The minimum Gasteiger partial charge on any atom is -0.389 e. The predicted octanol–water partition coefficient (Wildman–Crippen LogP) is 5.75. The van der Waals surface area contributed by atoms with E-state index in [9.17, 15) is 5.11 Å². The zero-order valence-corrected chi connectivity index (χ0v) is 14.9. The maximum absolute atomic E-state index is 9.57. The molecule has 0 radical (unpaired) electrons. The van der Waals surface area contributed by atoms with Crippen LogP contribution in [0.15, 0.2) is 24.3 Å². The molecule has 1 saturated carbocycles. The number of hydrogen-bond donors (Lipinski definition) is 1. The SMILES string of the molecule is CC(C)CCC(C)/C=C/C1CCC(C2C=CC(O)CC2)CC1. The number of allylic oxidation sites excluding steroid dienone is 3. The van der Waals surface area contributed by atoms with Crippen molar-refractivity contribution in [2.45, 2.75) is 78.2 Å². The van der Waals surface area contributed by atoms with Gasteiger partial charge in [0.2, 0.25) is 0 Å². The van der Waals surface area contributed by atoms with Crippen LogP contribution in [0, 0.1) is 29.6 Å². The van der Waals surface area contributed by atoms with Crippen LogP contribution in [-0.4, -0.2) is 11.2 Å². The van der Waals surface area contributed by atoms with Crippen LogP contribution < -0.4 is 0 Å². The van der Waals surface area contributed by atoms with Crippen molar-refractivity contribution in [3.05, 3.63) is 24.3 Å². The van der Waals surface area contributed by atoms with Crippen molar-refractivity contribution in [3.8, 4) is 0 Å². The standard InChI is InChI=1S/C21H36O/c1-16(2)4-5-17(3)6-7-18-8-10-19(11-9-18)20-12-14-21(22)15-13-20/h6-7,12,14,16-22H,4-5,8-11,13,15H2,1-3H3/b7-6+. The van der Waals surface area contributed by atoms with Crippen LogP contribution in [0.3, 0.4) is 0 Å². The Bertz CT molecular complexity index is 360. The van der Waals surface area contributed by atoms with E-state index in [1.165, 1.54) is 44.9 Å². The summed E-state index contributed by atoms with van der Waals surface area (Å²) in [4.78, 5) is 0. The van der Waals surface area contributed by atoms with Gasteiger partial charge in [0.25, 0.3) is 0 Å². The van der Waals surface area contributed by atoms with Gasteiger partial charge >= 0.3 is 0 Å². The van der Waals surface area contributed by atoms with E-state index in [0.29, 0.717) is 0 Å². The molecule has 22 heavy (non-hydrogen) atoms. The lowest BCUT2D eigenvalue weighted by atomic mass is 9.72. The molecule has 1 heteroatoms. The number of aliphatic hydroxyl groups is 1. The Morgan fingerprint density at radius 3 is 2.27 bits per heavy atom. The molecule has 3 atom stereocenters. The van der Waals surface area contributed by atoms with Crippen molar-refractivity contribution in [2.75, 3.05) is 0 Å². The highest BCUT2D eigenvalue weighted by Gasteiger charge is 2.27. The predicted molar refractivity (Wildman–Crippen MR) is 95.7 cm³/mol. The van der Waals surface area contributed by atoms with E-state index in [0.717, 1.165) is 36.0 Å². The molecule has 0 heterocycles. The molecule has 1 N–H and O–H groups in total. The monoisotopic (exact) mass is 304 g/mol. The summed E-state index contributed by atoms with van der Waals surface area (Å²) in [7, 11) is 0. The zero-order valence-electron chi connectivity index (χ0n) is 14.9. The minimum absolute atomic E-state index is 0.178. The molecule has 3 unspecified atom stereocenters. The van der Waals surface area contributed by atoms with Gasteiger partial charge in [0.15, 0.2) is 0 Å². The van der Waals surface area contributed by atoms with Crippen molar-refractivity contribution >= 4 is 0 Å². The molecule has 2 rings (SSSR count). The molecule has 0 spiro atoms. The molecule has 2 aliphatic carbocycles. The highest BCUT2D eigenvalue weighted by molar-refractivity contribution is 5.02. The Morgan fingerprint density at radius 2 is 1.68 bits per heavy atom. The van der Waals surface area contributed by atoms with E-state index in [4.69, 9.17) is 0 Å². The minimum atomic E-state index is -0.178. The molecule has 2 aliphatic rings. The molecule has 1 fully saturated rings. The molecule has 0 amide bonds. The van der Waals surface area contributed by atoms with Gasteiger partial charge in [-0.3, -0.25) is 0 Å². The Balaban J connectivity index is 1.69. The second kappa shape index (κ2) is 8.91. The first-order valence-corrected chi connectivity index (χ1v) is 9.59. The van der Waals surface area contributed by atoms with Crippen molar-refractivity contribution in [1.29, 1.82) is 0 Å². The van der Waals surface area contributed by atoms with Crippen LogP contribution in [0.1, 0.15) is 72.1 Å². The largest absolute Gasteiger partial charge is 0.389 e. The van der Waals surface area contributed by atoms with E-state index in [-0.39, 0.29) is 6.10 Å². The van der Waals surface area contributed by atoms with Crippen LogP contribution in [0.5, 0.6) is 0 Å². The normalized spacial score (nSPS) is 34.4. The molecule has 0 aliphatic heterocycles. The summed E-state index contributed by atoms with van der Waals surface area (Å²) in [6.07, 6.45) is 19.4. The first-order chi connectivity index (χ1) is 10.5. The van der Waals surface area contributed by atoms with Gasteiger partial charge in [-0.2, -0.15) is 0 Å². The number of hydrogen-bond acceptors (Lipinski definition) is 1. The maximum atomic E-state index is 9.57. The van der Waals surface area contributed by atoms with Gasteiger partial charge in [-0.15, -0.1) is 0 Å². The summed E-state index contributed by atoms with van der Waals surface area (Å²) in [5.74, 6) is 3.98. The van der Waals surface area contributed by atoms with E-state index in [2.05, 4.69) is 39.0 Å². The van der Waals surface area contributed by atoms with Crippen molar-refractivity contribution in [3.63, 3.8) is 0 Å². The third-order valence-corrected chi connectivity index (χ3v) is 5.71. The zero-order chi connectivity index (χ0) is 15.9. The molecular formula is C21H36O. The summed E-state index contributed by atoms with van der Waals surface area (Å²) >= 11 is 0. The van der Waals surface area contributed by atoms with Crippen LogP contribution in [-0.2, 0) is 0 Å². The fourth-order valence-corrected chi connectivity index (χ4v) is 4.02. The van der Waals surface area contributed by atoms with Crippen LogP contribution in [0.4, 0.5) is 0 Å². The fourth-order valence-electron chi connectivity index (χ4n) is 4.02. The summed E-state index contributed by atoms with van der Waals surface area (Å²) in [5.41, 5.74) is 0. The fraction of sp³-hybridized carbons (Fsp3) is 0.810.